The fourth-order valence-corrected chi connectivity index (χ4v) is 2.99. The molecule has 1 aromatic carbocycles. The third-order valence-electron chi connectivity index (χ3n) is 4.83. The Morgan fingerprint density at radius 3 is 1.81 bits per heavy atom. The molecule has 26 heavy (non-hydrogen) atoms. The zero-order valence-corrected chi connectivity index (χ0v) is 17.4. The second-order valence-corrected chi connectivity index (χ2v) is 8.00. The Morgan fingerprint density at radius 1 is 1.00 bits per heavy atom. The molecule has 3 nitrogen and oxygen atoms in total. The molecular weight excluding hydrogens is 331 g/mol. The van der Waals surface area contributed by atoms with E-state index >= 15 is 0 Å². The van der Waals surface area contributed by atoms with Crippen LogP contribution in [0.15, 0.2) is 12.1 Å². The van der Waals surface area contributed by atoms with Gasteiger partial charge in [-0.2, -0.15) is 0 Å². The maximum atomic E-state index is 14.4. The predicted molar refractivity (Wildman–Crippen MR) is 103 cm³/mol. The van der Waals surface area contributed by atoms with E-state index in [1.807, 2.05) is 0 Å². The van der Waals surface area contributed by atoms with Crippen molar-refractivity contribution in [2.24, 2.45) is 0 Å². The minimum Gasteiger partial charge on any atom is -0.458 e. The molecular formula is C22H33FO3. The maximum absolute atomic E-state index is 14.4. The molecule has 0 saturated carbocycles. The summed E-state index contributed by atoms with van der Waals surface area (Å²) < 4.78 is 19.7. The zero-order valence-electron chi connectivity index (χ0n) is 17.4. The number of halogens is 1. The Kier molecular flexibility index (Phi) is 7.55. The first kappa shape index (κ1) is 22.3. The van der Waals surface area contributed by atoms with Gasteiger partial charge in [-0.05, 0) is 46.9 Å². The zero-order chi connectivity index (χ0) is 20.2. The molecule has 0 spiro atoms. The predicted octanol–water partition coefficient (Wildman–Crippen LogP) is 5.81. The van der Waals surface area contributed by atoms with Crippen molar-refractivity contribution in [3.8, 4) is 0 Å². The molecule has 0 fully saturated rings. The summed E-state index contributed by atoms with van der Waals surface area (Å²) >= 11 is 0. The monoisotopic (exact) mass is 364 g/mol. The van der Waals surface area contributed by atoms with Gasteiger partial charge in [-0.3, -0.25) is 4.79 Å². The highest BCUT2D eigenvalue weighted by molar-refractivity contribution is 6.06. The summed E-state index contributed by atoms with van der Waals surface area (Å²) in [4.78, 5) is 23.8. The van der Waals surface area contributed by atoms with Crippen LogP contribution in [0.2, 0.25) is 0 Å². The number of ether oxygens (including phenoxy) is 1. The molecule has 1 aromatic rings. The highest BCUT2D eigenvalue weighted by Gasteiger charge is 2.41. The van der Waals surface area contributed by atoms with Gasteiger partial charge in [-0.15, -0.1) is 0 Å². The van der Waals surface area contributed by atoms with Crippen molar-refractivity contribution in [2.45, 2.75) is 91.8 Å². The van der Waals surface area contributed by atoms with Gasteiger partial charge < -0.3 is 4.74 Å². The Bertz CT molecular complexity index is 628. The molecule has 0 saturated heterocycles. The van der Waals surface area contributed by atoms with Crippen LogP contribution in [0.1, 0.15) is 102 Å². The van der Waals surface area contributed by atoms with E-state index in [-0.39, 0.29) is 24.9 Å². The number of carbonyl (C=O) groups is 2. The van der Waals surface area contributed by atoms with Crippen molar-refractivity contribution < 1.29 is 18.7 Å². The summed E-state index contributed by atoms with van der Waals surface area (Å²) in [6, 6.07) is 4.30. The second-order valence-electron chi connectivity index (χ2n) is 8.00. The van der Waals surface area contributed by atoms with Crippen molar-refractivity contribution in [3.05, 3.63) is 34.4 Å². The number of rotatable bonds is 8. The van der Waals surface area contributed by atoms with E-state index in [0.29, 0.717) is 5.92 Å². The van der Waals surface area contributed by atoms with Crippen LogP contribution >= 0.6 is 0 Å². The van der Waals surface area contributed by atoms with Crippen LogP contribution in [-0.2, 0) is 20.9 Å². The topological polar surface area (TPSA) is 43.4 Å². The SMILES string of the molecule is CCC(=O)[C@](C)(F)C(=O)OCc1c(C(C)C)cc(C(C)C)cc1C(C)C. The Balaban J connectivity index is 3.26. The fraction of sp³-hybridized carbons (Fsp3) is 0.636. The van der Waals surface area contributed by atoms with Gasteiger partial charge in [-0.25, -0.2) is 9.18 Å². The van der Waals surface area contributed by atoms with Gasteiger partial charge in [0.15, 0.2) is 5.78 Å². The lowest BCUT2D eigenvalue weighted by Gasteiger charge is -2.24. The van der Waals surface area contributed by atoms with Crippen LogP contribution < -0.4 is 0 Å². The van der Waals surface area contributed by atoms with Gasteiger partial charge in [0.1, 0.15) is 6.61 Å². The Labute approximate surface area is 157 Å². The maximum Gasteiger partial charge on any atom is 0.351 e. The molecule has 0 aromatic heterocycles. The molecule has 146 valence electrons. The van der Waals surface area contributed by atoms with E-state index in [2.05, 4.69) is 53.7 Å². The van der Waals surface area contributed by atoms with Crippen LogP contribution in [0, 0.1) is 0 Å². The summed E-state index contributed by atoms with van der Waals surface area (Å²) in [7, 11) is 0. The van der Waals surface area contributed by atoms with Crippen LogP contribution in [0.5, 0.6) is 0 Å². The van der Waals surface area contributed by atoms with Crippen molar-refractivity contribution in [3.63, 3.8) is 0 Å². The molecule has 0 unspecified atom stereocenters. The average Bonchev–Trinajstić information content (AvgIpc) is 2.57. The molecule has 0 aliphatic carbocycles. The van der Waals surface area contributed by atoms with Crippen LogP contribution in [0.3, 0.4) is 0 Å². The van der Waals surface area contributed by atoms with E-state index in [9.17, 15) is 14.0 Å². The van der Waals surface area contributed by atoms with Gasteiger partial charge in [0.05, 0.1) is 0 Å². The number of alkyl halides is 1. The van der Waals surface area contributed by atoms with Crippen molar-refractivity contribution >= 4 is 11.8 Å². The number of hydrogen-bond acceptors (Lipinski definition) is 3. The number of hydrogen-bond donors (Lipinski definition) is 0. The Hall–Kier alpha value is -1.71. The summed E-state index contributed by atoms with van der Waals surface area (Å²) in [6.07, 6.45) is -0.0420. The van der Waals surface area contributed by atoms with Crippen molar-refractivity contribution in [1.29, 1.82) is 0 Å². The molecule has 1 rings (SSSR count). The first-order valence-corrected chi connectivity index (χ1v) is 9.49. The molecule has 0 heterocycles. The smallest absolute Gasteiger partial charge is 0.351 e. The largest absolute Gasteiger partial charge is 0.458 e. The van der Waals surface area contributed by atoms with Gasteiger partial charge in [-0.1, -0.05) is 60.6 Å². The van der Waals surface area contributed by atoms with Crippen LogP contribution in [0.4, 0.5) is 4.39 Å². The molecule has 0 bridgehead atoms. The number of benzene rings is 1. The molecule has 1 atom stereocenters. The van der Waals surface area contributed by atoms with E-state index in [1.165, 1.54) is 12.5 Å². The first-order chi connectivity index (χ1) is 11.9. The molecule has 0 N–H and O–H groups in total. The lowest BCUT2D eigenvalue weighted by Crippen LogP contribution is -2.40. The molecule has 0 radical (unpaired) electrons. The van der Waals surface area contributed by atoms with Gasteiger partial charge >= 0.3 is 5.97 Å². The third kappa shape index (κ3) is 4.93. The van der Waals surface area contributed by atoms with Gasteiger partial charge in [0.25, 0.3) is 5.67 Å². The lowest BCUT2D eigenvalue weighted by atomic mass is 9.85. The lowest BCUT2D eigenvalue weighted by molar-refractivity contribution is -0.162. The quantitative estimate of drug-likeness (QED) is 0.432. The van der Waals surface area contributed by atoms with Crippen molar-refractivity contribution in [1.82, 2.24) is 0 Å². The highest BCUT2D eigenvalue weighted by Crippen LogP contribution is 2.33. The molecule has 0 amide bonds. The van der Waals surface area contributed by atoms with E-state index in [1.54, 1.807) is 0 Å². The summed E-state index contributed by atoms with van der Waals surface area (Å²) in [6.45, 7) is 15.2. The number of esters is 1. The second kappa shape index (κ2) is 8.79. The van der Waals surface area contributed by atoms with E-state index in [4.69, 9.17) is 4.74 Å². The average molecular weight is 365 g/mol. The number of Topliss-reactive ketones (excluding diaryl/α,β-unsaturated/α-hetero) is 1. The molecule has 0 aliphatic rings. The Morgan fingerprint density at radius 2 is 1.46 bits per heavy atom. The number of carbonyl (C=O) groups excluding carboxylic acids is 2. The van der Waals surface area contributed by atoms with E-state index in [0.717, 1.165) is 23.6 Å². The summed E-state index contributed by atoms with van der Waals surface area (Å²) in [5, 5.41) is 0. The summed E-state index contributed by atoms with van der Waals surface area (Å²) in [5.74, 6) is -0.992. The fourth-order valence-electron chi connectivity index (χ4n) is 2.99. The van der Waals surface area contributed by atoms with Crippen molar-refractivity contribution in [2.75, 3.05) is 0 Å². The summed E-state index contributed by atoms with van der Waals surface area (Å²) in [5.41, 5.74) is 1.78. The highest BCUT2D eigenvalue weighted by atomic mass is 19.1. The minimum absolute atomic E-state index is 0.0191. The first-order valence-electron chi connectivity index (χ1n) is 9.49. The van der Waals surface area contributed by atoms with Gasteiger partial charge in [0, 0.05) is 6.42 Å². The normalized spacial score (nSPS) is 14.0. The number of ketones is 1. The van der Waals surface area contributed by atoms with Crippen LogP contribution in [0.25, 0.3) is 0 Å². The van der Waals surface area contributed by atoms with Gasteiger partial charge in [0.2, 0.25) is 0 Å². The van der Waals surface area contributed by atoms with E-state index < -0.39 is 17.4 Å². The standard InChI is InChI=1S/C22H33FO3/c1-9-20(24)22(8,23)21(25)26-12-19-17(14(4)5)10-16(13(2)3)11-18(19)15(6)7/h10-11,13-15H,9,12H2,1-8H3/t22-/m0/s1. The molecule has 4 heteroatoms. The molecule has 0 aliphatic heterocycles. The third-order valence-corrected chi connectivity index (χ3v) is 4.83. The minimum atomic E-state index is -2.59. The van der Waals surface area contributed by atoms with Crippen LogP contribution in [-0.4, -0.2) is 17.4 Å².